The van der Waals surface area contributed by atoms with Crippen LogP contribution in [0.5, 0.6) is 0 Å². The van der Waals surface area contributed by atoms with Crippen LogP contribution in [0.2, 0.25) is 0 Å². The van der Waals surface area contributed by atoms with Gasteiger partial charge in [0.25, 0.3) is 0 Å². The van der Waals surface area contributed by atoms with Crippen molar-refractivity contribution in [2.75, 3.05) is 0 Å². The Balaban J connectivity index is 1.74. The van der Waals surface area contributed by atoms with Crippen molar-refractivity contribution in [1.82, 2.24) is 0 Å². The topological polar surface area (TPSA) is 0 Å². The van der Waals surface area contributed by atoms with Crippen LogP contribution in [0.15, 0.2) is 47.6 Å². The zero-order valence-electron chi connectivity index (χ0n) is 19.3. The van der Waals surface area contributed by atoms with Gasteiger partial charge >= 0.3 is 0 Å². The summed E-state index contributed by atoms with van der Waals surface area (Å²) in [4.78, 5) is 0. The Hall–Kier alpha value is -1.04. The Morgan fingerprint density at radius 1 is 0.929 bits per heavy atom. The second kappa shape index (κ2) is 9.19. The predicted octanol–water partition coefficient (Wildman–Crippen LogP) is 8.67. The van der Waals surface area contributed by atoms with Crippen LogP contribution in [0.4, 0.5) is 0 Å². The van der Waals surface area contributed by atoms with Crippen LogP contribution in [0.1, 0.15) is 92.4 Å². The molecule has 0 aliphatic heterocycles. The van der Waals surface area contributed by atoms with Crippen molar-refractivity contribution in [2.24, 2.45) is 35.0 Å². The maximum atomic E-state index is 4.32. The number of rotatable bonds is 5. The summed E-state index contributed by atoms with van der Waals surface area (Å²) >= 11 is 0. The molecular weight excluding hydrogens is 336 g/mol. The molecule has 0 saturated heterocycles. The zero-order chi connectivity index (χ0) is 20.3. The molecular formula is C28H44. The molecule has 3 fully saturated rings. The summed E-state index contributed by atoms with van der Waals surface area (Å²) in [6.07, 6.45) is 22.0. The monoisotopic (exact) mass is 380 g/mol. The van der Waals surface area contributed by atoms with Crippen molar-refractivity contribution in [1.29, 1.82) is 0 Å². The van der Waals surface area contributed by atoms with Gasteiger partial charge in [-0.15, -0.1) is 0 Å². The van der Waals surface area contributed by atoms with E-state index in [-0.39, 0.29) is 0 Å². The van der Waals surface area contributed by atoms with Crippen molar-refractivity contribution >= 4 is 0 Å². The first-order chi connectivity index (χ1) is 13.3. The molecule has 0 N–H and O–H groups in total. The lowest BCUT2D eigenvalue weighted by Crippen LogP contribution is -2.35. The highest BCUT2D eigenvalue weighted by Crippen LogP contribution is 2.59. The van der Waals surface area contributed by atoms with E-state index >= 15 is 0 Å². The average Bonchev–Trinajstić information content (AvgIpc) is 3.02. The van der Waals surface area contributed by atoms with Gasteiger partial charge in [0.15, 0.2) is 0 Å². The van der Waals surface area contributed by atoms with Gasteiger partial charge in [-0.05, 0) is 98.4 Å². The molecule has 156 valence electrons. The molecule has 0 aromatic carbocycles. The van der Waals surface area contributed by atoms with Crippen molar-refractivity contribution < 1.29 is 0 Å². The van der Waals surface area contributed by atoms with Gasteiger partial charge in [0.05, 0.1) is 0 Å². The van der Waals surface area contributed by atoms with Gasteiger partial charge in [-0.25, -0.2) is 0 Å². The highest BCUT2D eigenvalue weighted by atomic mass is 14.5. The van der Waals surface area contributed by atoms with Crippen LogP contribution >= 0.6 is 0 Å². The van der Waals surface area contributed by atoms with Gasteiger partial charge in [-0.1, -0.05) is 76.6 Å². The molecule has 3 saturated carbocycles. The maximum absolute atomic E-state index is 4.32. The minimum absolute atomic E-state index is 0.497. The minimum atomic E-state index is 0.497. The first-order valence-electron chi connectivity index (χ1n) is 12.1. The second-order valence-electron chi connectivity index (χ2n) is 10.7. The van der Waals surface area contributed by atoms with Gasteiger partial charge in [-0.3, -0.25) is 0 Å². The zero-order valence-corrected chi connectivity index (χ0v) is 19.3. The van der Waals surface area contributed by atoms with Gasteiger partial charge in [0, 0.05) is 0 Å². The lowest BCUT2D eigenvalue weighted by Gasteiger charge is -2.44. The molecule has 3 aliphatic carbocycles. The summed E-state index contributed by atoms with van der Waals surface area (Å²) in [5.74, 6) is 3.77. The summed E-state index contributed by atoms with van der Waals surface area (Å²) in [6.45, 7) is 16.4. The van der Waals surface area contributed by atoms with E-state index in [0.29, 0.717) is 17.3 Å². The van der Waals surface area contributed by atoms with Gasteiger partial charge in [0.2, 0.25) is 0 Å². The molecule has 0 spiro atoms. The smallest absolute Gasteiger partial charge is 0.0143 e. The Morgan fingerprint density at radius 3 is 2.39 bits per heavy atom. The molecule has 0 radical (unpaired) electrons. The summed E-state index contributed by atoms with van der Waals surface area (Å²) in [5, 5.41) is 0. The molecule has 0 heterocycles. The number of hydrogen-bond acceptors (Lipinski definition) is 0. The van der Waals surface area contributed by atoms with E-state index < -0.39 is 0 Å². The highest BCUT2D eigenvalue weighted by Gasteiger charge is 2.50. The first-order valence-corrected chi connectivity index (χ1v) is 12.1. The molecule has 0 aromatic rings. The van der Waals surface area contributed by atoms with Crippen LogP contribution in [0.3, 0.4) is 0 Å². The molecule has 0 heteroatoms. The van der Waals surface area contributed by atoms with E-state index in [4.69, 9.17) is 0 Å². The van der Waals surface area contributed by atoms with E-state index in [2.05, 4.69) is 65.5 Å². The average molecular weight is 381 g/mol. The molecule has 0 aromatic heterocycles. The Kier molecular flexibility index (Phi) is 7.11. The fraction of sp³-hybridized carbons (Fsp3) is 0.714. The first kappa shape index (κ1) is 21.7. The standard InChI is InChI=1S/C28H44/c1-20(2)21(3)13-14-23(5)26-17-18-27-25(12-9-19-28(26,27)6)16-15-24-11-8-7-10-22(24)4/h13-16,20-21,23,26-27H,4,7-12,17-19H2,1-3,5-6H3/b14-13+,24-15-,25-16+/t21-,23+,26?,27?,28?/m0/s1. The number of allylic oxidation sites excluding steroid dienone is 7. The highest BCUT2D eigenvalue weighted by molar-refractivity contribution is 5.35. The van der Waals surface area contributed by atoms with E-state index in [1.165, 1.54) is 68.9 Å². The minimum Gasteiger partial charge on any atom is -0.0956 e. The maximum Gasteiger partial charge on any atom is -0.0143 e. The number of fused-ring (bicyclic) bond motifs is 1. The third kappa shape index (κ3) is 4.58. The number of hydrogen-bond donors (Lipinski definition) is 0. The van der Waals surface area contributed by atoms with E-state index in [9.17, 15) is 0 Å². The quantitative estimate of drug-likeness (QED) is 0.418. The molecule has 0 nitrogen and oxygen atoms in total. The lowest BCUT2D eigenvalue weighted by molar-refractivity contribution is 0.112. The van der Waals surface area contributed by atoms with Crippen LogP contribution in [-0.2, 0) is 0 Å². The predicted molar refractivity (Wildman–Crippen MR) is 124 cm³/mol. The largest absolute Gasteiger partial charge is 0.0956 e. The third-order valence-electron chi connectivity index (χ3n) is 8.57. The van der Waals surface area contributed by atoms with Crippen LogP contribution in [0.25, 0.3) is 0 Å². The summed E-state index contributed by atoms with van der Waals surface area (Å²) < 4.78 is 0. The molecule has 3 rings (SSSR count). The Morgan fingerprint density at radius 2 is 1.68 bits per heavy atom. The van der Waals surface area contributed by atoms with Crippen molar-refractivity contribution in [3.8, 4) is 0 Å². The molecule has 5 atom stereocenters. The van der Waals surface area contributed by atoms with E-state index in [1.54, 1.807) is 5.57 Å². The fourth-order valence-corrected chi connectivity index (χ4v) is 6.25. The van der Waals surface area contributed by atoms with E-state index in [1.807, 2.05) is 0 Å². The lowest BCUT2D eigenvalue weighted by atomic mass is 9.61. The van der Waals surface area contributed by atoms with Crippen molar-refractivity contribution in [2.45, 2.75) is 92.4 Å². The fourth-order valence-electron chi connectivity index (χ4n) is 6.25. The van der Waals surface area contributed by atoms with E-state index in [0.717, 1.165) is 17.8 Å². The van der Waals surface area contributed by atoms with Crippen molar-refractivity contribution in [3.05, 3.63) is 47.6 Å². The summed E-state index contributed by atoms with van der Waals surface area (Å²) in [6, 6.07) is 0. The summed E-state index contributed by atoms with van der Waals surface area (Å²) in [7, 11) is 0. The summed E-state index contributed by atoms with van der Waals surface area (Å²) in [5.41, 5.74) is 5.16. The Bertz CT molecular complexity index is 643. The van der Waals surface area contributed by atoms with Crippen molar-refractivity contribution in [3.63, 3.8) is 0 Å². The normalized spacial score (nSPS) is 36.4. The van der Waals surface area contributed by atoms with Crippen LogP contribution in [0, 0.1) is 35.0 Å². The Labute approximate surface area is 175 Å². The second-order valence-corrected chi connectivity index (χ2v) is 10.7. The molecule has 28 heavy (non-hydrogen) atoms. The van der Waals surface area contributed by atoms with Crippen LogP contribution < -0.4 is 0 Å². The van der Waals surface area contributed by atoms with Crippen LogP contribution in [-0.4, -0.2) is 0 Å². The van der Waals surface area contributed by atoms with Gasteiger partial charge < -0.3 is 0 Å². The van der Waals surface area contributed by atoms with Gasteiger partial charge in [0.1, 0.15) is 0 Å². The third-order valence-corrected chi connectivity index (χ3v) is 8.57. The van der Waals surface area contributed by atoms with Gasteiger partial charge in [-0.2, -0.15) is 0 Å². The molecule has 0 amide bonds. The molecule has 3 aliphatic rings. The molecule has 0 bridgehead atoms. The molecule has 3 unspecified atom stereocenters. The SMILES string of the molecule is C=C1CCCC/C1=C/C=C1\CCCC2(C)C1CCC2[C@H](C)/C=C/[C@H](C)C(C)C.